The predicted octanol–water partition coefficient (Wildman–Crippen LogP) is 1.76. The Bertz CT molecular complexity index is 1280. The van der Waals surface area contributed by atoms with Crippen LogP contribution in [0.5, 0.6) is 0 Å². The Morgan fingerprint density at radius 3 is 2.43 bits per heavy atom. The lowest BCUT2D eigenvalue weighted by Crippen LogP contribution is -2.56. The molecule has 3 atom stereocenters. The molecular formula is C31H43N7O4. The number of ether oxygens (including phenoxy) is 1. The first-order valence-corrected chi connectivity index (χ1v) is 15.3. The normalized spacial score (nSPS) is 25.4. The number of hydrogen-bond acceptors (Lipinski definition) is 9. The van der Waals surface area contributed by atoms with Crippen molar-refractivity contribution in [2.75, 3.05) is 63.1 Å². The SMILES string of the molecule is CO[C@H]1CCN(c2nc(NC3CCN(C(C)=O)CC3)cc(C(=O)N3CC[C@@H](N4CCc5ccccc5C4)[C@H](O)C3)n2)C1. The molecule has 11 nitrogen and oxygen atoms in total. The minimum Gasteiger partial charge on any atom is -0.390 e. The summed E-state index contributed by atoms with van der Waals surface area (Å²) >= 11 is 0. The average molecular weight is 578 g/mol. The highest BCUT2D eigenvalue weighted by Gasteiger charge is 2.36. The number of nitrogens with one attached hydrogen (secondary N) is 1. The molecule has 4 aliphatic heterocycles. The summed E-state index contributed by atoms with van der Waals surface area (Å²) in [6.07, 6.45) is 3.70. The van der Waals surface area contributed by atoms with Crippen LogP contribution in [0.1, 0.15) is 54.2 Å². The second kappa shape index (κ2) is 12.5. The van der Waals surface area contributed by atoms with Gasteiger partial charge in [0.05, 0.1) is 12.2 Å². The van der Waals surface area contributed by atoms with E-state index < -0.39 is 6.10 Å². The number of anilines is 2. The first-order valence-electron chi connectivity index (χ1n) is 15.3. The largest absolute Gasteiger partial charge is 0.390 e. The van der Waals surface area contributed by atoms with Crippen molar-refractivity contribution in [2.45, 2.75) is 69.9 Å². The van der Waals surface area contributed by atoms with Gasteiger partial charge in [-0.3, -0.25) is 14.5 Å². The highest BCUT2D eigenvalue weighted by Crippen LogP contribution is 2.27. The number of fused-ring (bicyclic) bond motifs is 1. The Hall–Kier alpha value is -3.28. The van der Waals surface area contributed by atoms with Crippen molar-refractivity contribution in [3.63, 3.8) is 0 Å². The third-order valence-corrected chi connectivity index (χ3v) is 9.45. The molecule has 5 heterocycles. The number of amides is 2. The highest BCUT2D eigenvalue weighted by molar-refractivity contribution is 5.93. The molecule has 1 aromatic heterocycles. The molecule has 4 aliphatic rings. The molecule has 0 radical (unpaired) electrons. The van der Waals surface area contributed by atoms with E-state index in [1.54, 1.807) is 25.0 Å². The lowest BCUT2D eigenvalue weighted by molar-refractivity contribution is -0.129. The Labute approximate surface area is 247 Å². The Morgan fingerprint density at radius 2 is 1.71 bits per heavy atom. The van der Waals surface area contributed by atoms with Gasteiger partial charge < -0.3 is 29.9 Å². The van der Waals surface area contributed by atoms with Crippen molar-refractivity contribution >= 4 is 23.6 Å². The fourth-order valence-corrected chi connectivity index (χ4v) is 6.90. The maximum absolute atomic E-state index is 13.8. The summed E-state index contributed by atoms with van der Waals surface area (Å²) in [7, 11) is 1.72. The number of aromatic nitrogens is 2. The van der Waals surface area contributed by atoms with Gasteiger partial charge in [0.2, 0.25) is 11.9 Å². The average Bonchev–Trinajstić information content (AvgIpc) is 3.50. The summed E-state index contributed by atoms with van der Waals surface area (Å²) in [5, 5.41) is 14.7. The van der Waals surface area contributed by atoms with E-state index in [-0.39, 0.29) is 36.5 Å². The molecule has 0 saturated carbocycles. The third-order valence-electron chi connectivity index (χ3n) is 9.45. The van der Waals surface area contributed by atoms with Gasteiger partial charge in [-0.15, -0.1) is 0 Å². The molecule has 1 aromatic carbocycles. The van der Waals surface area contributed by atoms with Crippen molar-refractivity contribution in [2.24, 2.45) is 0 Å². The van der Waals surface area contributed by atoms with Crippen LogP contribution in [0, 0.1) is 0 Å². The monoisotopic (exact) mass is 577 g/mol. The minimum atomic E-state index is -0.626. The molecule has 42 heavy (non-hydrogen) atoms. The number of rotatable bonds is 6. The standard InChI is InChI=1S/C31H43N7O4/c1-21(39)35-13-8-24(9-14-35)32-29-17-26(33-31(34-29)38-15-10-25(19-38)42-2)30(41)37-16-11-27(28(40)20-37)36-12-7-22-5-3-4-6-23(22)18-36/h3-6,17,24-25,27-28,40H,7-16,18-20H2,1-2H3,(H,32,33,34)/t25-,27+,28+/m0/s1. The van der Waals surface area contributed by atoms with Gasteiger partial charge in [-0.1, -0.05) is 24.3 Å². The predicted molar refractivity (Wildman–Crippen MR) is 159 cm³/mol. The molecule has 6 rings (SSSR count). The number of nitrogens with zero attached hydrogens (tertiary/aromatic N) is 6. The number of hydrogen-bond donors (Lipinski definition) is 2. The zero-order valence-electron chi connectivity index (χ0n) is 24.7. The van der Waals surface area contributed by atoms with Gasteiger partial charge >= 0.3 is 0 Å². The summed E-state index contributed by atoms with van der Waals surface area (Å²) in [6.45, 7) is 7.05. The van der Waals surface area contributed by atoms with Crippen molar-refractivity contribution in [1.82, 2.24) is 24.7 Å². The first kappa shape index (κ1) is 28.8. The van der Waals surface area contributed by atoms with E-state index in [0.717, 1.165) is 45.3 Å². The number of benzene rings is 1. The van der Waals surface area contributed by atoms with Crippen LogP contribution in [0.3, 0.4) is 0 Å². The molecule has 2 aromatic rings. The number of carbonyl (C=O) groups excluding carboxylic acids is 2. The van der Waals surface area contributed by atoms with Crippen molar-refractivity contribution in [1.29, 1.82) is 0 Å². The van der Waals surface area contributed by atoms with Crippen LogP contribution in [0.2, 0.25) is 0 Å². The summed E-state index contributed by atoms with van der Waals surface area (Å²) < 4.78 is 5.56. The first-order chi connectivity index (χ1) is 20.4. The van der Waals surface area contributed by atoms with Crippen LogP contribution in [0.4, 0.5) is 11.8 Å². The van der Waals surface area contributed by atoms with Crippen LogP contribution >= 0.6 is 0 Å². The highest BCUT2D eigenvalue weighted by atomic mass is 16.5. The van der Waals surface area contributed by atoms with Crippen LogP contribution in [-0.4, -0.2) is 119 Å². The maximum atomic E-state index is 13.8. The molecule has 0 bridgehead atoms. The lowest BCUT2D eigenvalue weighted by atomic mass is 9.94. The Balaban J connectivity index is 1.15. The molecule has 0 spiro atoms. The van der Waals surface area contributed by atoms with Gasteiger partial charge in [0.25, 0.3) is 5.91 Å². The number of aliphatic hydroxyl groups excluding tert-OH is 1. The van der Waals surface area contributed by atoms with Gasteiger partial charge in [-0.05, 0) is 43.2 Å². The molecule has 3 fully saturated rings. The second-order valence-corrected chi connectivity index (χ2v) is 12.1. The number of carbonyl (C=O) groups is 2. The Morgan fingerprint density at radius 1 is 0.952 bits per heavy atom. The van der Waals surface area contributed by atoms with Crippen LogP contribution < -0.4 is 10.2 Å². The van der Waals surface area contributed by atoms with E-state index in [1.807, 2.05) is 4.90 Å². The van der Waals surface area contributed by atoms with Crippen molar-refractivity contribution < 1.29 is 19.4 Å². The zero-order valence-corrected chi connectivity index (χ0v) is 24.7. The summed E-state index contributed by atoms with van der Waals surface area (Å²) in [5.41, 5.74) is 3.05. The number of aliphatic hydroxyl groups is 1. The molecule has 226 valence electrons. The number of β-amino-alcohol motifs (C(OH)–C–C–N with tert-alkyl or cyclic N) is 1. The van der Waals surface area contributed by atoms with Gasteiger partial charge in [0.1, 0.15) is 11.5 Å². The lowest BCUT2D eigenvalue weighted by Gasteiger charge is -2.43. The van der Waals surface area contributed by atoms with Crippen LogP contribution in [0.25, 0.3) is 0 Å². The molecule has 0 aliphatic carbocycles. The quantitative estimate of drug-likeness (QED) is 0.530. The number of methoxy groups -OCH3 is 1. The minimum absolute atomic E-state index is 0.0250. The molecule has 11 heteroatoms. The molecule has 2 amide bonds. The summed E-state index contributed by atoms with van der Waals surface area (Å²) in [5.74, 6) is 1.06. The second-order valence-electron chi connectivity index (χ2n) is 12.1. The maximum Gasteiger partial charge on any atom is 0.272 e. The Kier molecular flexibility index (Phi) is 8.60. The van der Waals surface area contributed by atoms with Crippen LogP contribution in [-0.2, 0) is 22.5 Å². The fourth-order valence-electron chi connectivity index (χ4n) is 6.90. The van der Waals surface area contributed by atoms with Gasteiger partial charge in [-0.25, -0.2) is 4.98 Å². The van der Waals surface area contributed by atoms with E-state index in [4.69, 9.17) is 14.7 Å². The molecule has 0 unspecified atom stereocenters. The third kappa shape index (κ3) is 6.23. The summed E-state index contributed by atoms with van der Waals surface area (Å²) in [4.78, 5) is 43.2. The van der Waals surface area contributed by atoms with Crippen molar-refractivity contribution in [3.8, 4) is 0 Å². The van der Waals surface area contributed by atoms with Crippen molar-refractivity contribution in [3.05, 3.63) is 47.2 Å². The van der Waals surface area contributed by atoms with E-state index in [0.29, 0.717) is 50.1 Å². The number of piperidine rings is 2. The van der Waals surface area contributed by atoms with Gasteiger partial charge in [0, 0.05) is 84.5 Å². The number of likely N-dealkylation sites (tertiary alicyclic amines) is 2. The van der Waals surface area contributed by atoms with Crippen LogP contribution in [0.15, 0.2) is 30.3 Å². The molecule has 3 saturated heterocycles. The summed E-state index contributed by atoms with van der Waals surface area (Å²) in [6, 6.07) is 10.5. The smallest absolute Gasteiger partial charge is 0.272 e. The topological polar surface area (TPSA) is 114 Å². The zero-order chi connectivity index (χ0) is 29.2. The van der Waals surface area contributed by atoms with E-state index in [9.17, 15) is 14.7 Å². The fraction of sp³-hybridized carbons (Fsp3) is 0.613. The van der Waals surface area contributed by atoms with E-state index in [2.05, 4.69) is 39.4 Å². The molecular weight excluding hydrogens is 534 g/mol. The van der Waals surface area contributed by atoms with E-state index >= 15 is 0 Å². The van der Waals surface area contributed by atoms with E-state index in [1.165, 1.54) is 11.1 Å². The van der Waals surface area contributed by atoms with Gasteiger partial charge in [-0.2, -0.15) is 4.98 Å². The van der Waals surface area contributed by atoms with Gasteiger partial charge in [0.15, 0.2) is 0 Å². The molecule has 2 N–H and O–H groups in total.